The largest absolute Gasteiger partial charge is 0.379 e. The Morgan fingerprint density at radius 2 is 1.95 bits per heavy atom. The van der Waals surface area contributed by atoms with E-state index in [-0.39, 0.29) is 41.7 Å². The van der Waals surface area contributed by atoms with Crippen LogP contribution in [-0.2, 0) is 9.53 Å². The summed E-state index contributed by atoms with van der Waals surface area (Å²) >= 11 is 0. The van der Waals surface area contributed by atoms with Crippen LogP contribution in [0.1, 0.15) is 33.6 Å². The van der Waals surface area contributed by atoms with Gasteiger partial charge in [0.25, 0.3) is 0 Å². The molecule has 2 aliphatic heterocycles. The van der Waals surface area contributed by atoms with Crippen molar-refractivity contribution in [1.29, 1.82) is 0 Å². The first kappa shape index (κ1) is 21.9. The molecule has 1 amide bonds. The Hall–Kier alpha value is -0.0700. The first-order valence-corrected chi connectivity index (χ1v) is 7.76. The summed E-state index contributed by atoms with van der Waals surface area (Å²) in [4.78, 5) is 14.9. The molecular formula is C15H31Cl2N3O2. The smallest absolute Gasteiger partial charge is 0.227 e. The highest BCUT2D eigenvalue weighted by atomic mass is 35.5. The summed E-state index contributed by atoms with van der Waals surface area (Å²) in [5.74, 6) is 0.186. The lowest BCUT2D eigenvalue weighted by Gasteiger charge is -2.42. The fourth-order valence-electron chi connectivity index (χ4n) is 3.04. The zero-order valence-corrected chi connectivity index (χ0v) is 15.6. The molecule has 22 heavy (non-hydrogen) atoms. The second kappa shape index (κ2) is 9.28. The van der Waals surface area contributed by atoms with Gasteiger partial charge in [0.2, 0.25) is 5.91 Å². The fraction of sp³-hybridized carbons (Fsp3) is 0.933. The van der Waals surface area contributed by atoms with Crippen LogP contribution in [0.5, 0.6) is 0 Å². The topological polar surface area (TPSA) is 53.6 Å². The molecule has 0 spiro atoms. The molecule has 5 nitrogen and oxygen atoms in total. The molecule has 0 bridgehead atoms. The second-order valence-electron chi connectivity index (χ2n) is 6.94. The molecule has 132 valence electrons. The maximum atomic E-state index is 12.5. The number of nitrogens with zero attached hydrogens (tertiary/aromatic N) is 1. The van der Waals surface area contributed by atoms with E-state index in [1.54, 1.807) is 0 Å². The molecule has 2 heterocycles. The van der Waals surface area contributed by atoms with E-state index in [0.717, 1.165) is 52.2 Å². The van der Waals surface area contributed by atoms with Gasteiger partial charge in [-0.15, -0.1) is 24.8 Å². The number of morpholine rings is 1. The van der Waals surface area contributed by atoms with E-state index in [1.165, 1.54) is 0 Å². The fourth-order valence-corrected chi connectivity index (χ4v) is 3.04. The summed E-state index contributed by atoms with van der Waals surface area (Å²) < 4.78 is 5.39. The third kappa shape index (κ3) is 5.53. The van der Waals surface area contributed by atoms with Gasteiger partial charge in [-0.3, -0.25) is 9.69 Å². The van der Waals surface area contributed by atoms with Crippen molar-refractivity contribution in [2.75, 3.05) is 45.9 Å². The molecular weight excluding hydrogens is 325 g/mol. The van der Waals surface area contributed by atoms with E-state index < -0.39 is 0 Å². The first-order valence-electron chi connectivity index (χ1n) is 7.76. The van der Waals surface area contributed by atoms with Gasteiger partial charge in [-0.2, -0.15) is 0 Å². The normalized spacial score (nSPS) is 26.5. The number of halogens is 2. The molecule has 0 aliphatic carbocycles. The van der Waals surface area contributed by atoms with Crippen molar-refractivity contribution in [1.82, 2.24) is 15.5 Å². The number of carbonyl (C=O) groups excluding carboxylic acids is 1. The number of hydrogen-bond donors (Lipinski definition) is 2. The highest BCUT2D eigenvalue weighted by Gasteiger charge is 2.36. The van der Waals surface area contributed by atoms with Crippen LogP contribution in [0.4, 0.5) is 0 Å². The SMILES string of the molecule is CC1(C(=O)NCC(C)(C)N2CCOCC2)CCCNC1.Cl.Cl. The van der Waals surface area contributed by atoms with Gasteiger partial charge in [0, 0.05) is 31.7 Å². The number of amides is 1. The monoisotopic (exact) mass is 355 g/mol. The number of rotatable bonds is 4. The van der Waals surface area contributed by atoms with Crippen molar-refractivity contribution in [3.63, 3.8) is 0 Å². The third-order valence-corrected chi connectivity index (χ3v) is 4.69. The number of piperidine rings is 1. The Kier molecular flexibility index (Phi) is 9.25. The van der Waals surface area contributed by atoms with Crippen molar-refractivity contribution in [3.05, 3.63) is 0 Å². The highest BCUT2D eigenvalue weighted by molar-refractivity contribution is 5.85. The second-order valence-corrected chi connectivity index (χ2v) is 6.94. The van der Waals surface area contributed by atoms with Crippen molar-refractivity contribution in [3.8, 4) is 0 Å². The van der Waals surface area contributed by atoms with Crippen molar-refractivity contribution < 1.29 is 9.53 Å². The minimum atomic E-state index is -0.251. The van der Waals surface area contributed by atoms with Gasteiger partial charge in [0.05, 0.1) is 18.6 Å². The summed E-state index contributed by atoms with van der Waals surface area (Å²) in [6.07, 6.45) is 2.06. The van der Waals surface area contributed by atoms with E-state index in [1.807, 2.05) is 0 Å². The maximum Gasteiger partial charge on any atom is 0.227 e. The van der Waals surface area contributed by atoms with Gasteiger partial charge < -0.3 is 15.4 Å². The predicted octanol–water partition coefficient (Wildman–Crippen LogP) is 1.45. The van der Waals surface area contributed by atoms with Crippen LogP contribution in [0.3, 0.4) is 0 Å². The molecule has 2 fully saturated rings. The molecule has 2 saturated heterocycles. The summed E-state index contributed by atoms with van der Waals surface area (Å²) in [6.45, 7) is 12.4. The Labute approximate surface area is 146 Å². The minimum absolute atomic E-state index is 0. The Morgan fingerprint density at radius 3 is 2.50 bits per heavy atom. The average molecular weight is 356 g/mol. The molecule has 0 aromatic carbocycles. The van der Waals surface area contributed by atoms with Gasteiger partial charge in [0.1, 0.15) is 0 Å². The zero-order chi connectivity index (χ0) is 14.6. The molecule has 0 saturated carbocycles. The number of hydrogen-bond acceptors (Lipinski definition) is 4. The predicted molar refractivity (Wildman–Crippen MR) is 94.2 cm³/mol. The Morgan fingerprint density at radius 1 is 1.32 bits per heavy atom. The van der Waals surface area contributed by atoms with Crippen LogP contribution in [-0.4, -0.2) is 62.3 Å². The van der Waals surface area contributed by atoms with Crippen LogP contribution in [0.2, 0.25) is 0 Å². The van der Waals surface area contributed by atoms with Crippen LogP contribution in [0.15, 0.2) is 0 Å². The van der Waals surface area contributed by atoms with Crippen molar-refractivity contribution >= 4 is 30.7 Å². The van der Waals surface area contributed by atoms with Gasteiger partial charge in [-0.1, -0.05) is 0 Å². The van der Waals surface area contributed by atoms with E-state index in [2.05, 4.69) is 36.3 Å². The standard InChI is InChI=1S/C15H29N3O2.2ClH/c1-14(2,18-7-9-20-10-8-18)11-17-13(19)15(3)5-4-6-16-12-15;;/h16H,4-12H2,1-3H3,(H,17,19);2*1H. The lowest BCUT2D eigenvalue weighted by atomic mass is 9.81. The van der Waals surface area contributed by atoms with E-state index in [9.17, 15) is 4.79 Å². The first-order chi connectivity index (χ1) is 9.44. The van der Waals surface area contributed by atoms with Crippen molar-refractivity contribution in [2.24, 2.45) is 5.41 Å². The van der Waals surface area contributed by atoms with Gasteiger partial charge >= 0.3 is 0 Å². The number of nitrogens with one attached hydrogen (secondary N) is 2. The van der Waals surface area contributed by atoms with Gasteiger partial charge in [0.15, 0.2) is 0 Å². The molecule has 2 aliphatic rings. The Bertz CT molecular complexity index is 342. The molecule has 2 N–H and O–H groups in total. The zero-order valence-electron chi connectivity index (χ0n) is 13.9. The lowest BCUT2D eigenvalue weighted by molar-refractivity contribution is -0.131. The number of carbonyl (C=O) groups is 1. The summed E-state index contributed by atoms with van der Waals surface area (Å²) in [6, 6.07) is 0. The minimum Gasteiger partial charge on any atom is -0.379 e. The Balaban J connectivity index is 0.00000220. The molecule has 2 rings (SSSR count). The van der Waals surface area contributed by atoms with Gasteiger partial charge in [-0.25, -0.2) is 0 Å². The lowest BCUT2D eigenvalue weighted by Crippen LogP contribution is -2.57. The van der Waals surface area contributed by atoms with Crippen LogP contribution in [0.25, 0.3) is 0 Å². The average Bonchev–Trinajstić information content (AvgIpc) is 2.46. The molecule has 7 heteroatoms. The molecule has 0 aromatic heterocycles. The van der Waals surface area contributed by atoms with Crippen LogP contribution in [0, 0.1) is 5.41 Å². The number of ether oxygens (including phenoxy) is 1. The maximum absolute atomic E-state index is 12.5. The van der Waals surface area contributed by atoms with Gasteiger partial charge in [-0.05, 0) is 40.2 Å². The van der Waals surface area contributed by atoms with E-state index in [4.69, 9.17) is 4.74 Å². The van der Waals surface area contributed by atoms with Crippen molar-refractivity contribution in [2.45, 2.75) is 39.2 Å². The van der Waals surface area contributed by atoms with E-state index >= 15 is 0 Å². The quantitative estimate of drug-likeness (QED) is 0.801. The molecule has 1 atom stereocenters. The summed E-state index contributed by atoms with van der Waals surface area (Å²) in [5.41, 5.74) is -0.267. The van der Waals surface area contributed by atoms with Crippen LogP contribution >= 0.6 is 24.8 Å². The molecule has 1 unspecified atom stereocenters. The molecule has 0 aromatic rings. The highest BCUT2D eigenvalue weighted by Crippen LogP contribution is 2.26. The third-order valence-electron chi connectivity index (χ3n) is 4.69. The summed E-state index contributed by atoms with van der Waals surface area (Å²) in [7, 11) is 0. The van der Waals surface area contributed by atoms with Crippen LogP contribution < -0.4 is 10.6 Å². The summed E-state index contributed by atoms with van der Waals surface area (Å²) in [5, 5.41) is 6.50. The van der Waals surface area contributed by atoms with E-state index in [0.29, 0.717) is 6.54 Å². The molecule has 0 radical (unpaired) electrons.